The molecule has 1 fully saturated rings. The largest absolute Gasteiger partial charge is 0.0651 e. The summed E-state index contributed by atoms with van der Waals surface area (Å²) < 4.78 is 0. The van der Waals surface area contributed by atoms with Crippen LogP contribution >= 0.6 is 0 Å². The van der Waals surface area contributed by atoms with Gasteiger partial charge in [-0.05, 0) is 54.3 Å². The lowest BCUT2D eigenvalue weighted by Gasteiger charge is -2.32. The molecule has 0 aromatic carbocycles. The lowest BCUT2D eigenvalue weighted by atomic mass is 9.73. The standard InChI is InChI=1S/C18H36/c1-8-17-10-12(3)14(5)16(7)15(6)13(4)11-18(17)9-2/h12-18H,8-11H2,1-7H3/t12?,13?,14?,15?,16?,17-,18+. The average molecular weight is 252 g/mol. The topological polar surface area (TPSA) is 0 Å². The van der Waals surface area contributed by atoms with Crippen LogP contribution in [0.4, 0.5) is 0 Å². The lowest BCUT2D eigenvalue weighted by Crippen LogP contribution is -2.25. The fourth-order valence-electron chi connectivity index (χ4n) is 4.28. The highest BCUT2D eigenvalue weighted by molar-refractivity contribution is 4.83. The van der Waals surface area contributed by atoms with Crippen LogP contribution in [0.2, 0.25) is 0 Å². The van der Waals surface area contributed by atoms with Crippen LogP contribution in [0.3, 0.4) is 0 Å². The molecule has 0 radical (unpaired) electrons. The van der Waals surface area contributed by atoms with Crippen LogP contribution in [-0.2, 0) is 0 Å². The molecular formula is C18H36. The van der Waals surface area contributed by atoms with E-state index in [0.717, 1.165) is 41.4 Å². The maximum atomic E-state index is 2.50. The Labute approximate surface area is 116 Å². The Morgan fingerprint density at radius 2 is 0.944 bits per heavy atom. The summed E-state index contributed by atoms with van der Waals surface area (Å²) in [6, 6.07) is 0. The monoisotopic (exact) mass is 252 g/mol. The Hall–Kier alpha value is 0. The maximum absolute atomic E-state index is 2.50. The molecule has 0 heteroatoms. The average Bonchev–Trinajstić information content (AvgIpc) is 2.40. The van der Waals surface area contributed by atoms with Crippen molar-refractivity contribution >= 4 is 0 Å². The van der Waals surface area contributed by atoms with E-state index in [2.05, 4.69) is 48.5 Å². The van der Waals surface area contributed by atoms with Gasteiger partial charge >= 0.3 is 0 Å². The van der Waals surface area contributed by atoms with Crippen molar-refractivity contribution in [1.29, 1.82) is 0 Å². The summed E-state index contributed by atoms with van der Waals surface area (Å²) in [6.45, 7) is 17.3. The third-order valence-corrected chi connectivity index (χ3v) is 6.52. The van der Waals surface area contributed by atoms with E-state index >= 15 is 0 Å². The van der Waals surface area contributed by atoms with Gasteiger partial charge in [-0.3, -0.25) is 0 Å². The van der Waals surface area contributed by atoms with Crippen molar-refractivity contribution < 1.29 is 0 Å². The first kappa shape index (κ1) is 16.1. The van der Waals surface area contributed by atoms with E-state index < -0.39 is 0 Å². The number of hydrogen-bond donors (Lipinski definition) is 0. The molecule has 0 nitrogen and oxygen atoms in total. The zero-order chi connectivity index (χ0) is 13.9. The minimum atomic E-state index is 0.878. The second-order valence-corrected chi connectivity index (χ2v) is 7.34. The zero-order valence-electron chi connectivity index (χ0n) is 13.9. The van der Waals surface area contributed by atoms with Crippen LogP contribution in [0, 0.1) is 41.4 Å². The minimum Gasteiger partial charge on any atom is -0.0651 e. The van der Waals surface area contributed by atoms with E-state index in [9.17, 15) is 0 Å². The summed E-state index contributed by atoms with van der Waals surface area (Å²) in [5.74, 6) is 6.36. The van der Waals surface area contributed by atoms with Crippen molar-refractivity contribution in [3.05, 3.63) is 0 Å². The van der Waals surface area contributed by atoms with Crippen molar-refractivity contribution in [2.75, 3.05) is 0 Å². The Morgan fingerprint density at radius 1 is 0.611 bits per heavy atom. The lowest BCUT2D eigenvalue weighted by molar-refractivity contribution is 0.168. The molecule has 0 spiro atoms. The first-order valence-corrected chi connectivity index (χ1v) is 8.42. The summed E-state index contributed by atoms with van der Waals surface area (Å²) in [4.78, 5) is 0. The second-order valence-electron chi connectivity index (χ2n) is 7.34. The van der Waals surface area contributed by atoms with Gasteiger partial charge in [0.2, 0.25) is 0 Å². The highest BCUT2D eigenvalue weighted by Crippen LogP contribution is 2.42. The molecule has 1 aliphatic rings. The molecule has 0 aliphatic heterocycles. The highest BCUT2D eigenvalue weighted by atomic mass is 14.4. The number of hydrogen-bond acceptors (Lipinski definition) is 0. The van der Waals surface area contributed by atoms with Crippen LogP contribution in [0.5, 0.6) is 0 Å². The predicted molar refractivity (Wildman–Crippen MR) is 82.6 cm³/mol. The van der Waals surface area contributed by atoms with Crippen LogP contribution in [0.15, 0.2) is 0 Å². The van der Waals surface area contributed by atoms with Gasteiger partial charge in [-0.15, -0.1) is 0 Å². The van der Waals surface area contributed by atoms with Crippen LogP contribution in [-0.4, -0.2) is 0 Å². The van der Waals surface area contributed by atoms with E-state index in [1.54, 1.807) is 0 Å². The van der Waals surface area contributed by atoms with E-state index in [4.69, 9.17) is 0 Å². The Bertz CT molecular complexity index is 208. The quantitative estimate of drug-likeness (QED) is 0.564. The normalized spacial score (nSPS) is 47.2. The Balaban J connectivity index is 2.93. The summed E-state index contributed by atoms with van der Waals surface area (Å²) in [7, 11) is 0. The van der Waals surface area contributed by atoms with Gasteiger partial charge in [-0.25, -0.2) is 0 Å². The molecule has 0 aromatic heterocycles. The van der Waals surface area contributed by atoms with Crippen molar-refractivity contribution in [2.45, 2.75) is 74.1 Å². The van der Waals surface area contributed by atoms with E-state index in [1.807, 2.05) is 0 Å². The first-order chi connectivity index (χ1) is 8.42. The Kier molecular flexibility index (Phi) is 6.21. The van der Waals surface area contributed by atoms with Gasteiger partial charge in [0, 0.05) is 0 Å². The molecule has 0 heterocycles. The molecule has 0 N–H and O–H groups in total. The molecule has 108 valence electrons. The highest BCUT2D eigenvalue weighted by Gasteiger charge is 2.33. The third kappa shape index (κ3) is 3.52. The SMILES string of the molecule is CC[C@@H]1CC(C)C(C)C(C)C(C)C(C)C[C@@H]1CC. The summed E-state index contributed by atoms with van der Waals surface area (Å²) in [6.07, 6.45) is 5.68. The number of rotatable bonds is 2. The fraction of sp³-hybridized carbons (Fsp3) is 1.00. The van der Waals surface area contributed by atoms with Gasteiger partial charge in [0.25, 0.3) is 0 Å². The van der Waals surface area contributed by atoms with Gasteiger partial charge in [-0.2, -0.15) is 0 Å². The molecular weight excluding hydrogens is 216 g/mol. The smallest absolute Gasteiger partial charge is 0.0386 e. The van der Waals surface area contributed by atoms with Crippen LogP contribution in [0.25, 0.3) is 0 Å². The molecule has 0 amide bonds. The van der Waals surface area contributed by atoms with Crippen LogP contribution < -0.4 is 0 Å². The molecule has 7 atom stereocenters. The zero-order valence-corrected chi connectivity index (χ0v) is 13.9. The predicted octanol–water partition coefficient (Wildman–Crippen LogP) is 6.01. The fourth-order valence-corrected chi connectivity index (χ4v) is 4.28. The maximum Gasteiger partial charge on any atom is -0.0386 e. The summed E-state index contributed by atoms with van der Waals surface area (Å²) in [5, 5.41) is 0. The van der Waals surface area contributed by atoms with Crippen LogP contribution in [0.1, 0.15) is 74.1 Å². The molecule has 1 aliphatic carbocycles. The molecule has 0 saturated heterocycles. The molecule has 1 saturated carbocycles. The van der Waals surface area contributed by atoms with Crippen molar-refractivity contribution in [3.63, 3.8) is 0 Å². The summed E-state index contributed by atoms with van der Waals surface area (Å²) in [5.41, 5.74) is 0. The summed E-state index contributed by atoms with van der Waals surface area (Å²) >= 11 is 0. The van der Waals surface area contributed by atoms with Gasteiger partial charge < -0.3 is 0 Å². The van der Waals surface area contributed by atoms with Gasteiger partial charge in [-0.1, -0.05) is 61.3 Å². The van der Waals surface area contributed by atoms with Crippen molar-refractivity contribution in [1.82, 2.24) is 0 Å². The van der Waals surface area contributed by atoms with E-state index in [-0.39, 0.29) is 0 Å². The van der Waals surface area contributed by atoms with E-state index in [0.29, 0.717) is 0 Å². The molecule has 0 aromatic rings. The molecule has 18 heavy (non-hydrogen) atoms. The van der Waals surface area contributed by atoms with Gasteiger partial charge in [0.05, 0.1) is 0 Å². The first-order valence-electron chi connectivity index (χ1n) is 8.42. The minimum absolute atomic E-state index is 0.878. The van der Waals surface area contributed by atoms with Gasteiger partial charge in [0.1, 0.15) is 0 Å². The van der Waals surface area contributed by atoms with Crippen molar-refractivity contribution in [3.8, 4) is 0 Å². The second kappa shape index (κ2) is 6.96. The third-order valence-electron chi connectivity index (χ3n) is 6.52. The van der Waals surface area contributed by atoms with E-state index in [1.165, 1.54) is 25.7 Å². The van der Waals surface area contributed by atoms with Crippen molar-refractivity contribution in [2.24, 2.45) is 41.4 Å². The van der Waals surface area contributed by atoms with Gasteiger partial charge in [0.15, 0.2) is 0 Å². The molecule has 1 rings (SSSR count). The molecule has 0 bridgehead atoms. The Morgan fingerprint density at radius 3 is 1.22 bits per heavy atom. The molecule has 5 unspecified atom stereocenters.